The Morgan fingerprint density at radius 3 is 2.71 bits per heavy atom. The van der Waals surface area contributed by atoms with Crippen LogP contribution in [0.3, 0.4) is 0 Å². The highest BCUT2D eigenvalue weighted by Gasteiger charge is 2.33. The van der Waals surface area contributed by atoms with Crippen LogP contribution in [0.2, 0.25) is 0 Å². The third-order valence-corrected chi connectivity index (χ3v) is 5.58. The van der Waals surface area contributed by atoms with E-state index in [1.807, 2.05) is 12.1 Å². The summed E-state index contributed by atoms with van der Waals surface area (Å²) in [4.78, 5) is 32.8. The zero-order valence-corrected chi connectivity index (χ0v) is 19.8. The van der Waals surface area contributed by atoms with Gasteiger partial charge in [0.2, 0.25) is 0 Å². The Bertz CT molecular complexity index is 1310. The van der Waals surface area contributed by atoms with E-state index < -0.39 is 5.91 Å². The van der Waals surface area contributed by atoms with Crippen LogP contribution in [0.5, 0.6) is 5.75 Å². The number of carbonyl (C=O) groups excluding carboxylic acids is 2. The van der Waals surface area contributed by atoms with Crippen molar-refractivity contribution >= 4 is 29.1 Å². The first-order chi connectivity index (χ1) is 16.9. The van der Waals surface area contributed by atoms with Gasteiger partial charge >= 0.3 is 6.03 Å². The molecule has 3 heterocycles. The average Bonchev–Trinajstić information content (AvgIpc) is 3.48. The largest absolute Gasteiger partial charge is 0.494 e. The van der Waals surface area contributed by atoms with Gasteiger partial charge in [0.25, 0.3) is 5.91 Å². The molecule has 4 rings (SSSR count). The van der Waals surface area contributed by atoms with Gasteiger partial charge in [0.1, 0.15) is 6.33 Å². The number of urea groups is 1. The predicted molar refractivity (Wildman–Crippen MR) is 129 cm³/mol. The smallest absolute Gasteiger partial charge is 0.326 e. The molecule has 1 aliphatic rings. The summed E-state index contributed by atoms with van der Waals surface area (Å²) in [5.74, 6) is 3.38. The molecule has 2 aromatic heterocycles. The van der Waals surface area contributed by atoms with Crippen LogP contribution in [0.1, 0.15) is 17.4 Å². The molecule has 1 unspecified atom stereocenters. The van der Waals surface area contributed by atoms with Crippen LogP contribution in [-0.2, 0) is 7.05 Å². The number of anilines is 3. The lowest BCUT2D eigenvalue weighted by molar-refractivity contribution is 0.0958. The molecule has 0 bridgehead atoms. The lowest BCUT2D eigenvalue weighted by Crippen LogP contribution is -2.37. The van der Waals surface area contributed by atoms with Crippen LogP contribution in [0.4, 0.5) is 22.0 Å². The zero-order valence-electron chi connectivity index (χ0n) is 19.8. The summed E-state index contributed by atoms with van der Waals surface area (Å²) in [6.07, 6.45) is 7.08. The van der Waals surface area contributed by atoms with E-state index >= 15 is 0 Å². The minimum Gasteiger partial charge on any atom is -0.494 e. The Balaban J connectivity index is 1.74. The van der Waals surface area contributed by atoms with E-state index in [1.165, 1.54) is 19.1 Å². The fourth-order valence-corrected chi connectivity index (χ4v) is 3.75. The number of amides is 3. The third-order valence-electron chi connectivity index (χ3n) is 5.58. The summed E-state index contributed by atoms with van der Waals surface area (Å²) in [5, 5.41) is 18.4. The topological polar surface area (TPSA) is 130 Å². The van der Waals surface area contributed by atoms with Crippen molar-refractivity contribution in [3.8, 4) is 29.5 Å². The fraction of sp³-hybridized carbons (Fsp3) is 0.304. The van der Waals surface area contributed by atoms with Gasteiger partial charge in [-0.2, -0.15) is 5.10 Å². The van der Waals surface area contributed by atoms with Crippen LogP contribution in [0.15, 0.2) is 30.6 Å². The number of benzene rings is 1. The SMILES string of the molecule is C#CC(C)N1CCN(c2cc(Nc3cccc(-c4ncn(C)n4)c3OC)c(C(=O)NC)nn2)C1=O. The molecule has 35 heavy (non-hydrogen) atoms. The number of hydrogen-bond acceptors (Lipinski definition) is 8. The molecule has 1 saturated heterocycles. The van der Waals surface area contributed by atoms with Crippen molar-refractivity contribution in [1.82, 2.24) is 35.2 Å². The number of aryl methyl sites for hydroxylation is 1. The lowest BCUT2D eigenvalue weighted by Gasteiger charge is -2.21. The maximum Gasteiger partial charge on any atom is 0.326 e. The quantitative estimate of drug-likeness (QED) is 0.494. The van der Waals surface area contributed by atoms with Crippen LogP contribution in [0.25, 0.3) is 11.4 Å². The van der Waals surface area contributed by atoms with Crippen molar-refractivity contribution in [1.29, 1.82) is 0 Å². The summed E-state index contributed by atoms with van der Waals surface area (Å²) >= 11 is 0. The van der Waals surface area contributed by atoms with E-state index in [1.54, 1.807) is 42.0 Å². The molecular weight excluding hydrogens is 450 g/mol. The molecular formula is C23H25N9O3. The summed E-state index contributed by atoms with van der Waals surface area (Å²) in [7, 11) is 4.81. The highest BCUT2D eigenvalue weighted by atomic mass is 16.5. The Hall–Kier alpha value is -4.66. The highest BCUT2D eigenvalue weighted by Crippen LogP contribution is 2.37. The zero-order chi connectivity index (χ0) is 25.1. The van der Waals surface area contributed by atoms with Gasteiger partial charge in [-0.1, -0.05) is 12.0 Å². The maximum atomic E-state index is 12.9. The second-order valence-electron chi connectivity index (χ2n) is 7.77. The summed E-state index contributed by atoms with van der Waals surface area (Å²) in [6, 6.07) is 6.41. The first-order valence-electron chi connectivity index (χ1n) is 10.8. The van der Waals surface area contributed by atoms with Gasteiger partial charge in [0.05, 0.1) is 30.1 Å². The summed E-state index contributed by atoms with van der Waals surface area (Å²) in [6.45, 7) is 2.63. The number of nitrogens with zero attached hydrogens (tertiary/aromatic N) is 7. The van der Waals surface area contributed by atoms with Gasteiger partial charge in [-0.25, -0.2) is 9.78 Å². The van der Waals surface area contributed by atoms with E-state index in [0.717, 1.165) is 0 Å². The second kappa shape index (κ2) is 9.68. The third kappa shape index (κ3) is 4.43. The van der Waals surface area contributed by atoms with Gasteiger partial charge in [-0.3, -0.25) is 14.4 Å². The van der Waals surface area contributed by atoms with Gasteiger partial charge in [-0.15, -0.1) is 16.6 Å². The minimum atomic E-state index is -0.441. The number of carbonyl (C=O) groups is 2. The lowest BCUT2D eigenvalue weighted by atomic mass is 10.1. The molecule has 0 radical (unpaired) electrons. The molecule has 0 saturated carbocycles. The standard InChI is InChI=1S/C23H25N9O3/c1-6-14(2)31-10-11-32(23(31)34)18-12-17(19(28-27-18)22(33)24-3)26-16-9-7-8-15(20(16)35-5)21-25-13-30(4)29-21/h1,7-9,12-14H,10-11H2,2-5H3,(H,24,33)(H,26,27). The number of para-hydroxylation sites is 1. The highest BCUT2D eigenvalue weighted by molar-refractivity contribution is 6.00. The molecule has 1 aliphatic heterocycles. The van der Waals surface area contributed by atoms with Gasteiger partial charge < -0.3 is 20.3 Å². The van der Waals surface area contributed by atoms with Crippen molar-refractivity contribution in [3.63, 3.8) is 0 Å². The number of nitrogens with one attached hydrogen (secondary N) is 2. The molecule has 3 aromatic rings. The van der Waals surface area contributed by atoms with Crippen LogP contribution >= 0.6 is 0 Å². The molecule has 0 spiro atoms. The van der Waals surface area contributed by atoms with Crippen LogP contribution < -0.4 is 20.3 Å². The monoisotopic (exact) mass is 475 g/mol. The van der Waals surface area contributed by atoms with Crippen LogP contribution in [-0.4, -0.2) is 75.1 Å². The number of methoxy groups -OCH3 is 1. The fourth-order valence-electron chi connectivity index (χ4n) is 3.75. The number of aromatic nitrogens is 5. The predicted octanol–water partition coefficient (Wildman–Crippen LogP) is 1.65. The van der Waals surface area contributed by atoms with Crippen LogP contribution in [0, 0.1) is 12.3 Å². The molecule has 180 valence electrons. The van der Waals surface area contributed by atoms with Crippen molar-refractivity contribution in [2.24, 2.45) is 7.05 Å². The Kier molecular flexibility index (Phi) is 6.50. The summed E-state index contributed by atoms with van der Waals surface area (Å²) in [5.41, 5.74) is 1.61. The first-order valence-corrected chi connectivity index (χ1v) is 10.8. The molecule has 2 N–H and O–H groups in total. The average molecular weight is 476 g/mol. The molecule has 12 heteroatoms. The maximum absolute atomic E-state index is 12.9. The number of terminal acetylenes is 1. The van der Waals surface area contributed by atoms with Gasteiger partial charge in [0, 0.05) is 33.3 Å². The van der Waals surface area contributed by atoms with Crippen molar-refractivity contribution in [2.75, 3.05) is 37.5 Å². The molecule has 3 amide bonds. The van der Waals surface area contributed by atoms with Crippen molar-refractivity contribution < 1.29 is 14.3 Å². The minimum absolute atomic E-state index is 0.0557. The van der Waals surface area contributed by atoms with E-state index in [0.29, 0.717) is 47.4 Å². The Morgan fingerprint density at radius 1 is 1.26 bits per heavy atom. The van der Waals surface area contributed by atoms with E-state index in [2.05, 4.69) is 36.8 Å². The second-order valence-corrected chi connectivity index (χ2v) is 7.77. The molecule has 1 fully saturated rings. The molecule has 1 aromatic carbocycles. The molecule has 1 atom stereocenters. The first kappa shape index (κ1) is 23.5. The van der Waals surface area contributed by atoms with Crippen molar-refractivity contribution in [2.45, 2.75) is 13.0 Å². The van der Waals surface area contributed by atoms with E-state index in [-0.39, 0.29) is 17.8 Å². The number of ether oxygens (including phenoxy) is 1. The van der Waals surface area contributed by atoms with Gasteiger partial charge in [-0.05, 0) is 19.1 Å². The number of hydrogen-bond donors (Lipinski definition) is 2. The van der Waals surface area contributed by atoms with Gasteiger partial charge in [0.15, 0.2) is 23.1 Å². The Morgan fingerprint density at radius 2 is 2.06 bits per heavy atom. The van der Waals surface area contributed by atoms with E-state index in [9.17, 15) is 9.59 Å². The normalized spacial score (nSPS) is 14.0. The van der Waals surface area contributed by atoms with E-state index in [4.69, 9.17) is 11.2 Å². The molecule has 12 nitrogen and oxygen atoms in total. The Labute approximate surface area is 202 Å². The number of rotatable bonds is 7. The molecule has 0 aliphatic carbocycles. The van der Waals surface area contributed by atoms with Crippen molar-refractivity contribution in [3.05, 3.63) is 36.3 Å². The summed E-state index contributed by atoms with van der Waals surface area (Å²) < 4.78 is 7.25.